The fraction of sp³-hybridized carbons (Fsp3) is 0.462. The van der Waals surface area contributed by atoms with Gasteiger partial charge in [0.2, 0.25) is 0 Å². The highest BCUT2D eigenvalue weighted by atomic mass is 79.9. The van der Waals surface area contributed by atoms with Crippen LogP contribution < -0.4 is 5.32 Å². The smallest absolute Gasteiger partial charge is 0.251 e. The molecule has 0 heterocycles. The Labute approximate surface area is 105 Å². The van der Waals surface area contributed by atoms with Crippen LogP contribution in [0.15, 0.2) is 22.7 Å². The summed E-state index contributed by atoms with van der Waals surface area (Å²) in [5, 5.41) is 3.00. The van der Waals surface area contributed by atoms with E-state index in [1.54, 1.807) is 0 Å². The van der Waals surface area contributed by atoms with Crippen molar-refractivity contribution >= 4 is 21.8 Å². The molecule has 2 nitrogen and oxygen atoms in total. The lowest BCUT2D eigenvalue weighted by Crippen LogP contribution is -2.29. The molecule has 1 amide bonds. The van der Waals surface area contributed by atoms with Crippen LogP contribution in [-0.4, -0.2) is 12.5 Å². The van der Waals surface area contributed by atoms with Gasteiger partial charge in [0, 0.05) is 16.6 Å². The third-order valence-electron chi connectivity index (χ3n) is 3.08. The molecule has 1 aliphatic carbocycles. The van der Waals surface area contributed by atoms with Crippen molar-refractivity contribution in [1.82, 2.24) is 5.32 Å². The number of aryl methyl sites for hydroxylation is 1. The van der Waals surface area contributed by atoms with Crippen molar-refractivity contribution in [2.75, 3.05) is 6.54 Å². The number of hydrogen-bond donors (Lipinski definition) is 1. The van der Waals surface area contributed by atoms with Crippen molar-refractivity contribution in [3.05, 3.63) is 33.8 Å². The van der Waals surface area contributed by atoms with Gasteiger partial charge >= 0.3 is 0 Å². The second-order valence-electron chi connectivity index (χ2n) is 5.01. The molecular weight excluding hydrogens is 266 g/mol. The van der Waals surface area contributed by atoms with Crippen LogP contribution in [0.3, 0.4) is 0 Å². The molecule has 1 aliphatic rings. The molecular formula is C13H16BrNO. The Morgan fingerprint density at radius 1 is 1.44 bits per heavy atom. The monoisotopic (exact) mass is 281 g/mol. The van der Waals surface area contributed by atoms with Crippen LogP contribution in [-0.2, 0) is 0 Å². The minimum absolute atomic E-state index is 0.0255. The van der Waals surface area contributed by atoms with Crippen LogP contribution >= 0.6 is 15.9 Å². The summed E-state index contributed by atoms with van der Waals surface area (Å²) in [6.45, 7) is 4.99. The first-order chi connectivity index (χ1) is 7.48. The van der Waals surface area contributed by atoms with Crippen LogP contribution in [0.4, 0.5) is 0 Å². The Balaban J connectivity index is 2.02. The zero-order valence-electron chi connectivity index (χ0n) is 9.64. The summed E-state index contributed by atoms with van der Waals surface area (Å²) < 4.78 is 0.954. The molecule has 3 heteroatoms. The minimum Gasteiger partial charge on any atom is -0.351 e. The summed E-state index contributed by atoms with van der Waals surface area (Å²) >= 11 is 3.40. The molecule has 2 rings (SSSR count). The van der Waals surface area contributed by atoms with Gasteiger partial charge in [-0.15, -0.1) is 0 Å². The summed E-state index contributed by atoms with van der Waals surface area (Å²) in [6, 6.07) is 5.77. The molecule has 0 aromatic heterocycles. The van der Waals surface area contributed by atoms with E-state index in [9.17, 15) is 4.79 Å². The summed E-state index contributed by atoms with van der Waals surface area (Å²) in [4.78, 5) is 11.9. The van der Waals surface area contributed by atoms with E-state index in [-0.39, 0.29) is 5.91 Å². The maximum Gasteiger partial charge on any atom is 0.251 e. The van der Waals surface area contributed by atoms with Crippen molar-refractivity contribution in [2.45, 2.75) is 26.7 Å². The van der Waals surface area contributed by atoms with E-state index in [1.807, 2.05) is 25.1 Å². The van der Waals surface area contributed by atoms with Gasteiger partial charge in [0.1, 0.15) is 0 Å². The number of rotatable bonds is 3. The van der Waals surface area contributed by atoms with Crippen molar-refractivity contribution in [3.63, 3.8) is 0 Å². The zero-order chi connectivity index (χ0) is 11.8. The van der Waals surface area contributed by atoms with E-state index in [2.05, 4.69) is 28.2 Å². The first kappa shape index (κ1) is 11.6. The number of nitrogens with one attached hydrogen (secondary N) is 1. The summed E-state index contributed by atoms with van der Waals surface area (Å²) in [7, 11) is 0. The summed E-state index contributed by atoms with van der Waals surface area (Å²) in [5.41, 5.74) is 2.18. The molecule has 1 saturated carbocycles. The fourth-order valence-corrected chi connectivity index (χ4v) is 2.26. The van der Waals surface area contributed by atoms with Crippen LogP contribution in [0.5, 0.6) is 0 Å². The second-order valence-corrected chi connectivity index (χ2v) is 5.93. The fourth-order valence-electron chi connectivity index (χ4n) is 1.65. The predicted molar refractivity (Wildman–Crippen MR) is 68.6 cm³/mol. The van der Waals surface area contributed by atoms with Gasteiger partial charge in [-0.05, 0) is 48.9 Å². The Morgan fingerprint density at radius 3 is 2.69 bits per heavy atom. The molecule has 0 aliphatic heterocycles. The first-order valence-electron chi connectivity index (χ1n) is 5.54. The van der Waals surface area contributed by atoms with Crippen LogP contribution in [0.2, 0.25) is 0 Å². The number of carbonyl (C=O) groups is 1. The van der Waals surface area contributed by atoms with E-state index >= 15 is 0 Å². The molecule has 86 valence electrons. The summed E-state index contributed by atoms with van der Waals surface area (Å²) in [5.74, 6) is 0.0255. The zero-order valence-corrected chi connectivity index (χ0v) is 11.2. The van der Waals surface area contributed by atoms with Crippen molar-refractivity contribution in [3.8, 4) is 0 Å². The van der Waals surface area contributed by atoms with Crippen LogP contribution in [0.1, 0.15) is 35.7 Å². The molecule has 0 saturated heterocycles. The third kappa shape index (κ3) is 2.85. The molecule has 0 unspecified atom stereocenters. The van der Waals surface area contributed by atoms with Gasteiger partial charge in [0.15, 0.2) is 0 Å². The molecule has 0 bridgehead atoms. The molecule has 1 aromatic rings. The van der Waals surface area contributed by atoms with Gasteiger partial charge < -0.3 is 5.32 Å². The van der Waals surface area contributed by atoms with Gasteiger partial charge in [-0.1, -0.05) is 22.9 Å². The SMILES string of the molecule is Cc1cc(Br)cc(C(=O)NCC2(C)CC2)c1. The maximum atomic E-state index is 11.9. The van der Waals surface area contributed by atoms with Crippen molar-refractivity contribution in [1.29, 1.82) is 0 Å². The molecule has 1 fully saturated rings. The number of amides is 1. The van der Waals surface area contributed by atoms with Crippen LogP contribution in [0, 0.1) is 12.3 Å². The Kier molecular flexibility index (Phi) is 3.06. The van der Waals surface area contributed by atoms with E-state index in [4.69, 9.17) is 0 Å². The number of hydrogen-bond acceptors (Lipinski definition) is 1. The van der Waals surface area contributed by atoms with E-state index in [0.29, 0.717) is 5.41 Å². The number of benzene rings is 1. The van der Waals surface area contributed by atoms with Gasteiger partial charge in [-0.2, -0.15) is 0 Å². The normalized spacial score (nSPS) is 16.9. The molecule has 0 atom stereocenters. The average molecular weight is 282 g/mol. The standard InChI is InChI=1S/C13H16BrNO/c1-9-5-10(7-11(14)6-9)12(16)15-8-13(2)3-4-13/h5-7H,3-4,8H2,1-2H3,(H,15,16). The average Bonchev–Trinajstić information content (AvgIpc) is 2.92. The lowest BCUT2D eigenvalue weighted by molar-refractivity contribution is 0.0946. The van der Waals surface area contributed by atoms with Gasteiger partial charge in [0.05, 0.1) is 0 Å². The lowest BCUT2D eigenvalue weighted by Gasteiger charge is -2.10. The topological polar surface area (TPSA) is 29.1 Å². The van der Waals surface area contributed by atoms with E-state index in [1.165, 1.54) is 12.8 Å². The molecule has 16 heavy (non-hydrogen) atoms. The Hall–Kier alpha value is -0.830. The summed E-state index contributed by atoms with van der Waals surface area (Å²) in [6.07, 6.45) is 2.45. The first-order valence-corrected chi connectivity index (χ1v) is 6.33. The predicted octanol–water partition coefficient (Wildman–Crippen LogP) is 3.29. The largest absolute Gasteiger partial charge is 0.351 e. The van der Waals surface area contributed by atoms with Gasteiger partial charge in [0.25, 0.3) is 5.91 Å². The molecule has 0 radical (unpaired) electrons. The number of carbonyl (C=O) groups excluding carboxylic acids is 1. The lowest BCUT2D eigenvalue weighted by atomic mass is 10.1. The highest BCUT2D eigenvalue weighted by Crippen LogP contribution is 2.44. The van der Waals surface area contributed by atoms with Crippen LogP contribution in [0.25, 0.3) is 0 Å². The third-order valence-corrected chi connectivity index (χ3v) is 3.54. The van der Waals surface area contributed by atoms with Crippen molar-refractivity contribution in [2.24, 2.45) is 5.41 Å². The van der Waals surface area contributed by atoms with Crippen molar-refractivity contribution < 1.29 is 4.79 Å². The highest BCUT2D eigenvalue weighted by molar-refractivity contribution is 9.10. The quantitative estimate of drug-likeness (QED) is 0.905. The Morgan fingerprint density at radius 2 is 2.12 bits per heavy atom. The molecule has 0 spiro atoms. The minimum atomic E-state index is 0.0255. The molecule has 1 N–H and O–H groups in total. The Bertz CT molecular complexity index is 404. The van der Waals surface area contributed by atoms with Gasteiger partial charge in [-0.25, -0.2) is 0 Å². The van der Waals surface area contributed by atoms with Gasteiger partial charge in [-0.3, -0.25) is 4.79 Å². The molecule has 1 aromatic carbocycles. The highest BCUT2D eigenvalue weighted by Gasteiger charge is 2.37. The number of halogens is 1. The van der Waals surface area contributed by atoms with E-state index < -0.39 is 0 Å². The van der Waals surface area contributed by atoms with E-state index in [0.717, 1.165) is 22.1 Å². The second kappa shape index (κ2) is 4.21. The maximum absolute atomic E-state index is 11.9.